The molecular weight excluding hydrogens is 418 g/mol. The predicted octanol–water partition coefficient (Wildman–Crippen LogP) is 4.54. The molecule has 0 fully saturated rings. The summed E-state index contributed by atoms with van der Waals surface area (Å²) in [4.78, 5) is 27.3. The SMILES string of the molecule is COc1ccc(NC(=O)NCc2ccc3c(c2)N(C(=O)c2cccc(C)c2)CC3)cc1OC. The molecule has 33 heavy (non-hydrogen) atoms. The van der Waals surface area contributed by atoms with E-state index in [9.17, 15) is 9.59 Å². The minimum atomic E-state index is -0.338. The van der Waals surface area contributed by atoms with E-state index in [0.717, 1.165) is 28.8 Å². The Bertz CT molecular complexity index is 1190. The maximum atomic E-state index is 13.1. The molecule has 2 N–H and O–H groups in total. The van der Waals surface area contributed by atoms with Gasteiger partial charge in [0.05, 0.1) is 14.2 Å². The summed E-state index contributed by atoms with van der Waals surface area (Å²) in [5.74, 6) is 1.12. The van der Waals surface area contributed by atoms with Crippen LogP contribution >= 0.6 is 0 Å². The number of carbonyl (C=O) groups excluding carboxylic acids is 2. The van der Waals surface area contributed by atoms with Crippen molar-refractivity contribution in [3.8, 4) is 11.5 Å². The lowest BCUT2D eigenvalue weighted by Gasteiger charge is -2.18. The van der Waals surface area contributed by atoms with Crippen LogP contribution in [0.1, 0.15) is 27.0 Å². The number of amides is 3. The third-order valence-electron chi connectivity index (χ3n) is 5.65. The number of hydrogen-bond acceptors (Lipinski definition) is 4. The second-order valence-electron chi connectivity index (χ2n) is 7.92. The Morgan fingerprint density at radius 1 is 0.970 bits per heavy atom. The molecule has 170 valence electrons. The average Bonchev–Trinajstić information content (AvgIpc) is 3.25. The van der Waals surface area contributed by atoms with E-state index in [1.54, 1.807) is 32.4 Å². The van der Waals surface area contributed by atoms with Crippen molar-refractivity contribution in [2.24, 2.45) is 0 Å². The quantitative estimate of drug-likeness (QED) is 0.584. The van der Waals surface area contributed by atoms with E-state index in [4.69, 9.17) is 9.47 Å². The molecule has 7 nitrogen and oxygen atoms in total. The highest BCUT2D eigenvalue weighted by Crippen LogP contribution is 2.31. The van der Waals surface area contributed by atoms with Crippen molar-refractivity contribution in [3.05, 3.63) is 82.9 Å². The fraction of sp³-hybridized carbons (Fsp3) is 0.231. The van der Waals surface area contributed by atoms with Gasteiger partial charge in [-0.15, -0.1) is 0 Å². The van der Waals surface area contributed by atoms with Gasteiger partial charge in [-0.3, -0.25) is 4.79 Å². The molecule has 1 heterocycles. The number of ether oxygens (including phenoxy) is 2. The first-order chi connectivity index (χ1) is 16.0. The Hall–Kier alpha value is -4.00. The summed E-state index contributed by atoms with van der Waals surface area (Å²) in [6, 6.07) is 18.5. The Kier molecular flexibility index (Phi) is 6.49. The van der Waals surface area contributed by atoms with Crippen LogP contribution in [-0.4, -0.2) is 32.7 Å². The van der Waals surface area contributed by atoms with E-state index in [1.165, 1.54) is 0 Å². The van der Waals surface area contributed by atoms with Crippen LogP contribution in [0.2, 0.25) is 0 Å². The van der Waals surface area contributed by atoms with E-state index >= 15 is 0 Å². The largest absolute Gasteiger partial charge is 0.493 e. The van der Waals surface area contributed by atoms with Crippen molar-refractivity contribution < 1.29 is 19.1 Å². The van der Waals surface area contributed by atoms with E-state index in [0.29, 0.717) is 35.8 Å². The van der Waals surface area contributed by atoms with E-state index < -0.39 is 0 Å². The van der Waals surface area contributed by atoms with Crippen molar-refractivity contribution >= 4 is 23.3 Å². The van der Waals surface area contributed by atoms with Gasteiger partial charge in [-0.2, -0.15) is 0 Å². The molecule has 0 saturated heterocycles. The topological polar surface area (TPSA) is 79.9 Å². The minimum absolute atomic E-state index is 0.00578. The summed E-state index contributed by atoms with van der Waals surface area (Å²) in [6.07, 6.45) is 0.820. The number of nitrogens with one attached hydrogen (secondary N) is 2. The van der Waals surface area contributed by atoms with Gasteiger partial charge in [0.2, 0.25) is 0 Å². The van der Waals surface area contributed by atoms with Crippen LogP contribution in [0.3, 0.4) is 0 Å². The zero-order valence-corrected chi connectivity index (χ0v) is 19.0. The second-order valence-corrected chi connectivity index (χ2v) is 7.92. The molecule has 0 bridgehead atoms. The molecule has 7 heteroatoms. The van der Waals surface area contributed by atoms with Gasteiger partial charge in [-0.05, 0) is 54.8 Å². The average molecular weight is 446 g/mol. The highest BCUT2D eigenvalue weighted by atomic mass is 16.5. The van der Waals surface area contributed by atoms with Crippen molar-refractivity contribution in [1.29, 1.82) is 0 Å². The summed E-state index contributed by atoms with van der Waals surface area (Å²) >= 11 is 0. The maximum Gasteiger partial charge on any atom is 0.319 e. The van der Waals surface area contributed by atoms with E-state index in [1.807, 2.05) is 54.3 Å². The smallest absolute Gasteiger partial charge is 0.319 e. The first-order valence-electron chi connectivity index (χ1n) is 10.8. The summed E-state index contributed by atoms with van der Waals surface area (Å²) in [6.45, 7) is 2.96. The molecule has 0 saturated carbocycles. The Morgan fingerprint density at radius 2 is 1.79 bits per heavy atom. The lowest BCUT2D eigenvalue weighted by atomic mass is 10.1. The van der Waals surface area contributed by atoms with Crippen molar-refractivity contribution in [2.45, 2.75) is 19.9 Å². The predicted molar refractivity (Wildman–Crippen MR) is 128 cm³/mol. The number of hydrogen-bond donors (Lipinski definition) is 2. The van der Waals surface area contributed by atoms with Crippen LogP contribution in [0.25, 0.3) is 0 Å². The number of nitrogens with zero attached hydrogens (tertiary/aromatic N) is 1. The minimum Gasteiger partial charge on any atom is -0.493 e. The van der Waals surface area contributed by atoms with E-state index in [-0.39, 0.29) is 11.9 Å². The summed E-state index contributed by atoms with van der Waals surface area (Å²) < 4.78 is 10.5. The zero-order valence-electron chi connectivity index (χ0n) is 19.0. The standard InChI is InChI=1S/C26H27N3O4/c1-17-5-4-6-20(13-17)25(30)29-12-11-19-8-7-18(14-22(19)29)16-27-26(31)28-21-9-10-23(32-2)24(15-21)33-3/h4-10,13-15H,11-12,16H2,1-3H3,(H2,27,28,31). The summed E-state index contributed by atoms with van der Waals surface area (Å²) in [7, 11) is 3.10. The molecule has 0 spiro atoms. The van der Waals surface area contributed by atoms with Crippen LogP contribution in [0.5, 0.6) is 11.5 Å². The second kappa shape index (κ2) is 9.65. The number of fused-ring (bicyclic) bond motifs is 1. The molecule has 3 aromatic carbocycles. The van der Waals surface area contributed by atoms with Crippen LogP contribution in [-0.2, 0) is 13.0 Å². The normalized spacial score (nSPS) is 12.2. The first-order valence-corrected chi connectivity index (χ1v) is 10.8. The van der Waals surface area contributed by atoms with Gasteiger partial charge in [0.25, 0.3) is 5.91 Å². The number of aryl methyl sites for hydroxylation is 1. The monoisotopic (exact) mass is 445 g/mol. The van der Waals surface area contributed by atoms with Gasteiger partial charge >= 0.3 is 6.03 Å². The lowest BCUT2D eigenvalue weighted by Crippen LogP contribution is -2.29. The molecular formula is C26H27N3O4. The van der Waals surface area contributed by atoms with Gasteiger partial charge in [-0.25, -0.2) is 4.79 Å². The van der Waals surface area contributed by atoms with Crippen LogP contribution in [0.4, 0.5) is 16.2 Å². The Morgan fingerprint density at radius 3 is 2.55 bits per heavy atom. The highest BCUT2D eigenvalue weighted by Gasteiger charge is 2.26. The van der Waals surface area contributed by atoms with Gasteiger partial charge < -0.3 is 25.0 Å². The Balaban J connectivity index is 1.42. The molecule has 3 amide bonds. The molecule has 0 aromatic heterocycles. The lowest BCUT2D eigenvalue weighted by molar-refractivity contribution is 0.0989. The van der Waals surface area contributed by atoms with Gasteiger partial charge in [-0.1, -0.05) is 29.8 Å². The number of methoxy groups -OCH3 is 2. The number of rotatable bonds is 6. The van der Waals surface area contributed by atoms with Crippen LogP contribution in [0.15, 0.2) is 60.7 Å². The molecule has 0 unspecified atom stereocenters. The van der Waals surface area contributed by atoms with Gasteiger partial charge in [0.15, 0.2) is 11.5 Å². The maximum absolute atomic E-state index is 13.1. The summed E-state index contributed by atoms with van der Waals surface area (Å²) in [5.41, 5.74) is 5.28. The molecule has 1 aliphatic heterocycles. The molecule has 0 atom stereocenters. The first kappa shape index (κ1) is 22.2. The van der Waals surface area contributed by atoms with Gasteiger partial charge in [0.1, 0.15) is 0 Å². The molecule has 3 aromatic rings. The van der Waals surface area contributed by atoms with Crippen molar-refractivity contribution in [2.75, 3.05) is 31.0 Å². The summed E-state index contributed by atoms with van der Waals surface area (Å²) in [5, 5.41) is 5.66. The fourth-order valence-electron chi connectivity index (χ4n) is 3.95. The third-order valence-corrected chi connectivity index (χ3v) is 5.65. The van der Waals surface area contributed by atoms with Gasteiger partial charge in [0, 0.05) is 36.1 Å². The van der Waals surface area contributed by atoms with E-state index in [2.05, 4.69) is 10.6 Å². The number of urea groups is 1. The molecule has 4 rings (SSSR count). The van der Waals surface area contributed by atoms with Crippen molar-refractivity contribution in [3.63, 3.8) is 0 Å². The number of benzene rings is 3. The molecule has 0 aliphatic carbocycles. The number of carbonyl (C=O) groups is 2. The molecule has 1 aliphatic rings. The Labute approximate surface area is 193 Å². The van der Waals surface area contributed by atoms with Crippen molar-refractivity contribution in [1.82, 2.24) is 5.32 Å². The molecule has 0 radical (unpaired) electrons. The zero-order chi connectivity index (χ0) is 23.4. The third kappa shape index (κ3) is 4.92. The fourth-order valence-corrected chi connectivity index (χ4v) is 3.95. The van der Waals surface area contributed by atoms with Crippen LogP contribution in [0, 0.1) is 6.92 Å². The number of anilines is 2. The van der Waals surface area contributed by atoms with Crippen LogP contribution < -0.4 is 25.0 Å². The highest BCUT2D eigenvalue weighted by molar-refractivity contribution is 6.07.